The normalized spacial score (nSPS) is 13.0. The van der Waals surface area contributed by atoms with Gasteiger partial charge in [0.25, 0.3) is 0 Å². The van der Waals surface area contributed by atoms with Gasteiger partial charge in [-0.25, -0.2) is 4.39 Å². The minimum Gasteiger partial charge on any atom is -0.493 e. The molecule has 0 fully saturated rings. The third kappa shape index (κ3) is 3.83. The van der Waals surface area contributed by atoms with Gasteiger partial charge in [-0.3, -0.25) is 0 Å². The molecule has 1 nitrogen and oxygen atoms in total. The van der Waals surface area contributed by atoms with E-state index >= 15 is 0 Å². The van der Waals surface area contributed by atoms with E-state index in [1.807, 2.05) is 18.2 Å². The zero-order chi connectivity index (χ0) is 14.6. The summed E-state index contributed by atoms with van der Waals surface area (Å²) < 4.78 is 18.7. The fourth-order valence-electron chi connectivity index (χ4n) is 2.24. The van der Waals surface area contributed by atoms with Crippen molar-refractivity contribution in [2.24, 2.45) is 5.41 Å². The standard InChI is InChI=1S/C18H21FO/c1-18(2,3)17(14-7-5-4-6-8-14)13-20-16-11-9-15(19)10-12-16/h4-12,17H,13H2,1-3H3. The fourth-order valence-corrected chi connectivity index (χ4v) is 2.24. The van der Waals surface area contributed by atoms with Crippen LogP contribution in [0.3, 0.4) is 0 Å². The lowest BCUT2D eigenvalue weighted by Gasteiger charge is -2.31. The molecule has 2 aromatic rings. The van der Waals surface area contributed by atoms with E-state index in [-0.39, 0.29) is 17.2 Å². The van der Waals surface area contributed by atoms with E-state index in [1.165, 1.54) is 17.7 Å². The highest BCUT2D eigenvalue weighted by molar-refractivity contribution is 5.24. The Bertz CT molecular complexity index is 526. The van der Waals surface area contributed by atoms with Crippen molar-refractivity contribution in [3.8, 4) is 5.75 Å². The van der Waals surface area contributed by atoms with Crippen molar-refractivity contribution < 1.29 is 9.13 Å². The average Bonchev–Trinajstić information content (AvgIpc) is 2.41. The molecule has 106 valence electrons. The van der Waals surface area contributed by atoms with E-state index < -0.39 is 0 Å². The minimum atomic E-state index is -0.243. The minimum absolute atomic E-state index is 0.0986. The van der Waals surface area contributed by atoms with Crippen molar-refractivity contribution in [3.05, 3.63) is 66.0 Å². The van der Waals surface area contributed by atoms with Crippen LogP contribution in [0.2, 0.25) is 0 Å². The molecule has 2 aromatic carbocycles. The first-order valence-electron chi connectivity index (χ1n) is 6.90. The second-order valence-electron chi connectivity index (χ2n) is 6.09. The van der Waals surface area contributed by atoms with Crippen molar-refractivity contribution in [3.63, 3.8) is 0 Å². The predicted molar refractivity (Wildman–Crippen MR) is 80.5 cm³/mol. The molecule has 0 aliphatic heterocycles. The highest BCUT2D eigenvalue weighted by atomic mass is 19.1. The highest BCUT2D eigenvalue weighted by Crippen LogP contribution is 2.35. The Kier molecular flexibility index (Phi) is 4.43. The Morgan fingerprint density at radius 1 is 0.950 bits per heavy atom. The summed E-state index contributed by atoms with van der Waals surface area (Å²) in [5.41, 5.74) is 1.36. The van der Waals surface area contributed by atoms with Gasteiger partial charge in [-0.2, -0.15) is 0 Å². The van der Waals surface area contributed by atoms with Crippen LogP contribution in [-0.2, 0) is 0 Å². The Balaban J connectivity index is 2.11. The highest BCUT2D eigenvalue weighted by Gasteiger charge is 2.26. The third-order valence-corrected chi connectivity index (χ3v) is 3.48. The van der Waals surface area contributed by atoms with Crippen LogP contribution in [0.1, 0.15) is 32.3 Å². The quantitative estimate of drug-likeness (QED) is 0.758. The molecule has 0 saturated carbocycles. The lowest BCUT2D eigenvalue weighted by Crippen LogP contribution is -2.24. The zero-order valence-corrected chi connectivity index (χ0v) is 12.3. The van der Waals surface area contributed by atoms with Gasteiger partial charge in [-0.15, -0.1) is 0 Å². The summed E-state index contributed by atoms with van der Waals surface area (Å²) in [7, 11) is 0. The fraction of sp³-hybridized carbons (Fsp3) is 0.333. The second-order valence-corrected chi connectivity index (χ2v) is 6.09. The maximum atomic E-state index is 12.9. The Hall–Kier alpha value is -1.83. The molecule has 0 aliphatic carbocycles. The maximum absolute atomic E-state index is 12.9. The lowest BCUT2D eigenvalue weighted by atomic mass is 9.77. The molecule has 0 bridgehead atoms. The summed E-state index contributed by atoms with van der Waals surface area (Å²) in [6.07, 6.45) is 0. The molecular weight excluding hydrogens is 251 g/mol. The number of rotatable bonds is 4. The molecule has 0 N–H and O–H groups in total. The van der Waals surface area contributed by atoms with E-state index in [2.05, 4.69) is 32.9 Å². The summed E-state index contributed by atoms with van der Waals surface area (Å²) in [6.45, 7) is 7.20. The van der Waals surface area contributed by atoms with Crippen LogP contribution in [0.4, 0.5) is 4.39 Å². The number of ether oxygens (including phenoxy) is 1. The Labute approximate surface area is 120 Å². The molecule has 0 spiro atoms. The van der Waals surface area contributed by atoms with Gasteiger partial charge in [0.15, 0.2) is 0 Å². The maximum Gasteiger partial charge on any atom is 0.123 e. The zero-order valence-electron chi connectivity index (χ0n) is 12.3. The van der Waals surface area contributed by atoms with E-state index in [0.717, 1.165) is 0 Å². The third-order valence-electron chi connectivity index (χ3n) is 3.48. The van der Waals surface area contributed by atoms with Crippen LogP contribution in [0.25, 0.3) is 0 Å². The second kappa shape index (κ2) is 6.08. The van der Waals surface area contributed by atoms with Gasteiger partial charge in [0.1, 0.15) is 11.6 Å². The van der Waals surface area contributed by atoms with Crippen molar-refractivity contribution in [2.45, 2.75) is 26.7 Å². The molecule has 20 heavy (non-hydrogen) atoms. The smallest absolute Gasteiger partial charge is 0.123 e. The van der Waals surface area contributed by atoms with Crippen molar-refractivity contribution in [2.75, 3.05) is 6.61 Å². The van der Waals surface area contributed by atoms with Crippen LogP contribution >= 0.6 is 0 Å². The first-order valence-corrected chi connectivity index (χ1v) is 6.90. The largest absolute Gasteiger partial charge is 0.493 e. The van der Waals surface area contributed by atoms with Gasteiger partial charge in [0.05, 0.1) is 6.61 Å². The first kappa shape index (κ1) is 14.6. The van der Waals surface area contributed by atoms with Gasteiger partial charge >= 0.3 is 0 Å². The monoisotopic (exact) mass is 272 g/mol. The van der Waals surface area contributed by atoms with Gasteiger partial charge in [0, 0.05) is 5.92 Å². The van der Waals surface area contributed by atoms with Crippen LogP contribution < -0.4 is 4.74 Å². The lowest BCUT2D eigenvalue weighted by molar-refractivity contribution is 0.203. The van der Waals surface area contributed by atoms with Gasteiger partial charge in [-0.05, 0) is 35.2 Å². The van der Waals surface area contributed by atoms with Crippen molar-refractivity contribution in [1.29, 1.82) is 0 Å². The van der Waals surface area contributed by atoms with E-state index in [1.54, 1.807) is 12.1 Å². The van der Waals surface area contributed by atoms with Crippen LogP contribution in [0, 0.1) is 11.2 Å². The molecule has 0 saturated heterocycles. The molecular formula is C18H21FO. The van der Waals surface area contributed by atoms with Crippen LogP contribution in [-0.4, -0.2) is 6.61 Å². The first-order chi connectivity index (χ1) is 9.47. The predicted octanol–water partition coefficient (Wildman–Crippen LogP) is 5.03. The molecule has 0 radical (unpaired) electrons. The Morgan fingerprint density at radius 2 is 1.55 bits per heavy atom. The van der Waals surface area contributed by atoms with Crippen molar-refractivity contribution in [1.82, 2.24) is 0 Å². The SMILES string of the molecule is CC(C)(C)C(COc1ccc(F)cc1)c1ccccc1. The molecule has 0 aliphatic rings. The molecule has 0 aromatic heterocycles. The van der Waals surface area contributed by atoms with E-state index in [4.69, 9.17) is 4.74 Å². The number of hydrogen-bond acceptors (Lipinski definition) is 1. The summed E-state index contributed by atoms with van der Waals surface area (Å²) in [4.78, 5) is 0. The molecule has 0 amide bonds. The van der Waals surface area contributed by atoms with E-state index in [0.29, 0.717) is 12.4 Å². The molecule has 1 unspecified atom stereocenters. The van der Waals surface area contributed by atoms with Crippen LogP contribution in [0.15, 0.2) is 54.6 Å². The molecule has 0 heterocycles. The summed E-state index contributed by atoms with van der Waals surface area (Å²) >= 11 is 0. The summed E-state index contributed by atoms with van der Waals surface area (Å²) in [6, 6.07) is 16.5. The van der Waals surface area contributed by atoms with Crippen molar-refractivity contribution >= 4 is 0 Å². The number of benzene rings is 2. The molecule has 1 atom stereocenters. The van der Waals surface area contributed by atoms with Gasteiger partial charge in [-0.1, -0.05) is 51.1 Å². The molecule has 2 rings (SSSR count). The average molecular weight is 272 g/mol. The number of hydrogen-bond donors (Lipinski definition) is 0. The topological polar surface area (TPSA) is 9.23 Å². The molecule has 2 heteroatoms. The van der Waals surface area contributed by atoms with Crippen LogP contribution in [0.5, 0.6) is 5.75 Å². The summed E-state index contributed by atoms with van der Waals surface area (Å²) in [5, 5.41) is 0. The Morgan fingerprint density at radius 3 is 2.10 bits per heavy atom. The van der Waals surface area contributed by atoms with E-state index in [9.17, 15) is 4.39 Å². The number of halogens is 1. The van der Waals surface area contributed by atoms with Gasteiger partial charge in [0.2, 0.25) is 0 Å². The summed E-state index contributed by atoms with van der Waals surface area (Å²) in [5.74, 6) is 0.748. The van der Waals surface area contributed by atoms with Gasteiger partial charge < -0.3 is 4.74 Å².